The first-order valence-corrected chi connectivity index (χ1v) is 17.2. The van der Waals surface area contributed by atoms with Crippen LogP contribution >= 0.6 is 11.6 Å². The van der Waals surface area contributed by atoms with E-state index in [1.165, 1.54) is 7.11 Å². The number of methoxy groups -OCH3 is 1. The van der Waals surface area contributed by atoms with Gasteiger partial charge in [0.25, 0.3) is 0 Å². The lowest BCUT2D eigenvalue weighted by atomic mass is 9.90. The Labute approximate surface area is 295 Å². The smallest absolute Gasteiger partial charge is 0.407 e. The Kier molecular flexibility index (Phi) is 13.0. The van der Waals surface area contributed by atoms with Crippen molar-refractivity contribution >= 4 is 35.7 Å². The lowest BCUT2D eigenvalue weighted by Crippen LogP contribution is -2.53. The molecule has 14 nitrogen and oxygen atoms in total. The van der Waals surface area contributed by atoms with Crippen molar-refractivity contribution in [3.8, 4) is 11.5 Å². The Hall–Kier alpha value is -4.27. The van der Waals surface area contributed by atoms with Gasteiger partial charge in [-0.25, -0.2) is 14.4 Å². The van der Waals surface area contributed by atoms with Gasteiger partial charge in [-0.2, -0.15) is 0 Å². The molecule has 0 bridgehead atoms. The lowest BCUT2D eigenvalue weighted by molar-refractivity contribution is -0.329. The number of carbonyl (C=O) groups excluding carboxylic acids is 4. The topological polar surface area (TPSA) is 169 Å². The van der Waals surface area contributed by atoms with E-state index in [0.717, 1.165) is 17.5 Å². The average Bonchev–Trinajstić information content (AvgIpc) is 3.57. The SMILES string of the molecule is COC(=O)[C@H](C)NC(=O)CCC1CC(OC(=O)NCc2ccc3c(c2)OCO3)CC2(CCCC(COC(=O)NCCc3ccc(Cl)cc3)O2)O1. The van der Waals surface area contributed by atoms with E-state index in [1.807, 2.05) is 18.2 Å². The monoisotopic (exact) mass is 717 g/mol. The normalized spacial score (nSPS) is 23.0. The van der Waals surface area contributed by atoms with Crippen LogP contribution in [0.3, 0.4) is 0 Å². The third kappa shape index (κ3) is 10.9. The number of amides is 3. The van der Waals surface area contributed by atoms with Crippen LogP contribution in [-0.4, -0.2) is 81.3 Å². The van der Waals surface area contributed by atoms with Crippen molar-refractivity contribution in [1.29, 1.82) is 0 Å². The highest BCUT2D eigenvalue weighted by Crippen LogP contribution is 2.41. The summed E-state index contributed by atoms with van der Waals surface area (Å²) in [5.41, 5.74) is 1.84. The predicted octanol–water partition coefficient (Wildman–Crippen LogP) is 4.53. The molecule has 2 fully saturated rings. The molecule has 0 aromatic heterocycles. The minimum Gasteiger partial charge on any atom is -0.467 e. The Balaban J connectivity index is 1.15. The molecular formula is C35H44ClN3O11. The van der Waals surface area contributed by atoms with Crippen molar-refractivity contribution in [2.24, 2.45) is 0 Å². The van der Waals surface area contributed by atoms with Gasteiger partial charge in [0.2, 0.25) is 12.7 Å². The highest BCUT2D eigenvalue weighted by atomic mass is 35.5. The Morgan fingerprint density at radius 2 is 1.74 bits per heavy atom. The molecule has 3 aliphatic rings. The van der Waals surface area contributed by atoms with Gasteiger partial charge in [0, 0.05) is 43.8 Å². The third-order valence-corrected chi connectivity index (χ3v) is 8.93. The van der Waals surface area contributed by atoms with Gasteiger partial charge in [-0.05, 0) is 68.0 Å². The number of fused-ring (bicyclic) bond motifs is 1. The largest absolute Gasteiger partial charge is 0.467 e. The maximum absolute atomic E-state index is 13.0. The fraction of sp³-hybridized carbons (Fsp3) is 0.543. The number of rotatable bonds is 13. The molecule has 15 heteroatoms. The summed E-state index contributed by atoms with van der Waals surface area (Å²) in [5.74, 6) is -0.749. The van der Waals surface area contributed by atoms with E-state index in [9.17, 15) is 19.2 Å². The van der Waals surface area contributed by atoms with E-state index in [0.29, 0.717) is 55.2 Å². The molecule has 2 aromatic rings. The van der Waals surface area contributed by atoms with Crippen LogP contribution < -0.4 is 25.4 Å². The molecule has 5 atom stereocenters. The fourth-order valence-corrected chi connectivity index (χ4v) is 6.33. The molecule has 0 aliphatic carbocycles. The average molecular weight is 718 g/mol. The van der Waals surface area contributed by atoms with Gasteiger partial charge in [-0.1, -0.05) is 29.8 Å². The standard InChI is InChI=1S/C35H44ClN3O11/c1-22(32(41)44-2)39-31(40)12-10-26-17-28(48-34(43)38-19-24-7-11-29-30(16-24)47-21-46-29)18-35(49-26)14-3-4-27(50-35)20-45-33(42)37-15-13-23-5-8-25(36)9-6-23/h5-9,11,16,22,26-28H,3-4,10,12-15,17-21H2,1-2H3,(H,37,42)(H,38,43)(H,39,40)/t22-,26?,27?,28?,35?/m0/s1. The zero-order valence-electron chi connectivity index (χ0n) is 28.2. The van der Waals surface area contributed by atoms with Crippen LogP contribution in [0, 0.1) is 0 Å². The van der Waals surface area contributed by atoms with Crippen LogP contribution in [0.5, 0.6) is 11.5 Å². The number of ether oxygens (including phenoxy) is 7. The molecule has 272 valence electrons. The maximum Gasteiger partial charge on any atom is 0.407 e. The molecular weight excluding hydrogens is 674 g/mol. The number of alkyl carbamates (subject to hydrolysis) is 2. The minimum absolute atomic E-state index is 0.0118. The van der Waals surface area contributed by atoms with E-state index >= 15 is 0 Å². The van der Waals surface area contributed by atoms with E-state index < -0.39 is 48.3 Å². The molecule has 0 saturated carbocycles. The number of benzene rings is 2. The first kappa shape index (κ1) is 37.0. The van der Waals surface area contributed by atoms with Crippen LogP contribution in [0.2, 0.25) is 5.02 Å². The van der Waals surface area contributed by atoms with Crippen molar-refractivity contribution in [3.05, 3.63) is 58.6 Å². The van der Waals surface area contributed by atoms with Gasteiger partial charge in [0.1, 0.15) is 18.8 Å². The highest BCUT2D eigenvalue weighted by Gasteiger charge is 2.47. The second-order valence-electron chi connectivity index (χ2n) is 12.5. The first-order valence-electron chi connectivity index (χ1n) is 16.8. The third-order valence-electron chi connectivity index (χ3n) is 8.68. The highest BCUT2D eigenvalue weighted by molar-refractivity contribution is 6.30. The number of nitrogens with one attached hydrogen (secondary N) is 3. The molecule has 3 amide bonds. The van der Waals surface area contributed by atoms with Crippen LogP contribution in [0.25, 0.3) is 0 Å². The van der Waals surface area contributed by atoms with Crippen molar-refractivity contribution < 1.29 is 52.3 Å². The van der Waals surface area contributed by atoms with Crippen molar-refractivity contribution in [3.63, 3.8) is 0 Å². The molecule has 2 saturated heterocycles. The van der Waals surface area contributed by atoms with Gasteiger partial charge in [0.05, 0.1) is 19.3 Å². The van der Waals surface area contributed by atoms with Crippen molar-refractivity contribution in [2.75, 3.05) is 27.1 Å². The van der Waals surface area contributed by atoms with E-state index in [1.54, 1.807) is 31.2 Å². The molecule has 0 radical (unpaired) electrons. The molecule has 3 N–H and O–H groups in total. The number of hydrogen-bond acceptors (Lipinski definition) is 11. The van der Waals surface area contributed by atoms with Gasteiger partial charge < -0.3 is 49.1 Å². The predicted molar refractivity (Wildman–Crippen MR) is 179 cm³/mol. The van der Waals surface area contributed by atoms with Crippen LogP contribution in [-0.2, 0) is 46.2 Å². The van der Waals surface area contributed by atoms with Crippen molar-refractivity contribution in [2.45, 2.75) is 95.0 Å². The Bertz CT molecular complexity index is 1490. The van der Waals surface area contributed by atoms with E-state index in [4.69, 9.17) is 40.0 Å². The molecule has 2 aromatic carbocycles. The first-order chi connectivity index (χ1) is 24.1. The van der Waals surface area contributed by atoms with E-state index in [2.05, 4.69) is 20.7 Å². The number of esters is 1. The van der Waals surface area contributed by atoms with E-state index in [-0.39, 0.29) is 38.7 Å². The maximum atomic E-state index is 13.0. The molecule has 1 spiro atoms. The molecule has 5 rings (SSSR count). The Morgan fingerprint density at radius 1 is 0.980 bits per heavy atom. The van der Waals surface area contributed by atoms with Crippen LogP contribution in [0.1, 0.15) is 63.0 Å². The van der Waals surface area contributed by atoms with Gasteiger partial charge in [0.15, 0.2) is 17.3 Å². The molecule has 3 aliphatic heterocycles. The zero-order chi connectivity index (χ0) is 35.5. The lowest BCUT2D eigenvalue weighted by Gasteiger charge is -2.47. The fourth-order valence-electron chi connectivity index (χ4n) is 6.20. The summed E-state index contributed by atoms with van der Waals surface area (Å²) in [5, 5.41) is 8.81. The van der Waals surface area contributed by atoms with Gasteiger partial charge in [-0.15, -0.1) is 0 Å². The summed E-state index contributed by atoms with van der Waals surface area (Å²) in [6.07, 6.45) is 0.759. The van der Waals surface area contributed by atoms with Crippen LogP contribution in [0.15, 0.2) is 42.5 Å². The van der Waals surface area contributed by atoms with Gasteiger partial charge in [-0.3, -0.25) is 4.79 Å². The summed E-state index contributed by atoms with van der Waals surface area (Å²) in [6, 6.07) is 12.0. The quantitative estimate of drug-likeness (QED) is 0.197. The van der Waals surface area contributed by atoms with Crippen LogP contribution in [0.4, 0.5) is 9.59 Å². The molecule has 50 heavy (non-hydrogen) atoms. The summed E-state index contributed by atoms with van der Waals surface area (Å²) in [7, 11) is 1.25. The summed E-state index contributed by atoms with van der Waals surface area (Å²) in [4.78, 5) is 49.8. The molecule has 3 heterocycles. The molecule has 4 unspecified atom stereocenters. The minimum atomic E-state index is -1.11. The van der Waals surface area contributed by atoms with Gasteiger partial charge >= 0.3 is 18.2 Å². The number of halogens is 1. The number of hydrogen-bond donors (Lipinski definition) is 3. The summed E-state index contributed by atoms with van der Waals surface area (Å²) < 4.78 is 39.7. The zero-order valence-corrected chi connectivity index (χ0v) is 29.0. The summed E-state index contributed by atoms with van der Waals surface area (Å²) in [6.45, 7) is 2.31. The second-order valence-corrected chi connectivity index (χ2v) is 13.0. The summed E-state index contributed by atoms with van der Waals surface area (Å²) >= 11 is 5.94. The number of carbonyl (C=O) groups is 4. The Morgan fingerprint density at radius 3 is 2.54 bits per heavy atom. The second kappa shape index (κ2) is 17.6. The van der Waals surface area contributed by atoms with Crippen molar-refractivity contribution in [1.82, 2.24) is 16.0 Å².